The molecule has 1 aromatic heterocycles. The summed E-state index contributed by atoms with van der Waals surface area (Å²) in [6.07, 6.45) is 2.39. The molecule has 0 saturated heterocycles. The molecular weight excluding hydrogens is 344 g/mol. The van der Waals surface area contributed by atoms with E-state index >= 15 is 0 Å². The summed E-state index contributed by atoms with van der Waals surface area (Å²) >= 11 is 1.47. The van der Waals surface area contributed by atoms with Crippen LogP contribution in [0.4, 0.5) is 5.69 Å². The summed E-state index contributed by atoms with van der Waals surface area (Å²) in [6, 6.07) is 14.0. The standard InChI is InChI=1S/C20H22N4OS/c1-3-24-18(15-11-12-15)22-23-20(24)26-13(2)19(25)21-17-10-6-8-14-7-4-5-9-16(14)17/h4-10,13,15H,3,11-12H2,1-2H3,(H,21,25). The summed E-state index contributed by atoms with van der Waals surface area (Å²) in [5.74, 6) is 1.60. The first kappa shape index (κ1) is 17.1. The number of hydrogen-bond acceptors (Lipinski definition) is 4. The molecule has 1 aliphatic rings. The third kappa shape index (κ3) is 3.33. The minimum Gasteiger partial charge on any atom is -0.325 e. The van der Waals surface area contributed by atoms with Gasteiger partial charge >= 0.3 is 0 Å². The van der Waals surface area contributed by atoms with Crippen LogP contribution in [0.15, 0.2) is 47.6 Å². The number of anilines is 1. The Morgan fingerprint density at radius 1 is 1.23 bits per heavy atom. The van der Waals surface area contributed by atoms with Crippen LogP contribution in [0.2, 0.25) is 0 Å². The summed E-state index contributed by atoms with van der Waals surface area (Å²) in [6.45, 7) is 4.84. The van der Waals surface area contributed by atoms with Crippen LogP contribution in [-0.4, -0.2) is 25.9 Å². The fourth-order valence-corrected chi connectivity index (χ4v) is 4.03. The molecule has 6 heteroatoms. The van der Waals surface area contributed by atoms with Crippen molar-refractivity contribution in [3.63, 3.8) is 0 Å². The van der Waals surface area contributed by atoms with Crippen molar-refractivity contribution in [2.24, 2.45) is 0 Å². The smallest absolute Gasteiger partial charge is 0.237 e. The van der Waals surface area contributed by atoms with E-state index in [9.17, 15) is 4.79 Å². The van der Waals surface area contributed by atoms with Gasteiger partial charge in [0.25, 0.3) is 0 Å². The van der Waals surface area contributed by atoms with Crippen molar-refractivity contribution in [2.75, 3.05) is 5.32 Å². The molecule has 0 spiro atoms. The van der Waals surface area contributed by atoms with Crippen molar-refractivity contribution in [1.29, 1.82) is 0 Å². The van der Waals surface area contributed by atoms with E-state index in [1.165, 1.54) is 24.6 Å². The van der Waals surface area contributed by atoms with E-state index in [1.54, 1.807) is 0 Å². The van der Waals surface area contributed by atoms with Crippen molar-refractivity contribution in [3.8, 4) is 0 Å². The topological polar surface area (TPSA) is 59.8 Å². The Balaban J connectivity index is 1.50. The number of nitrogens with zero attached hydrogens (tertiary/aromatic N) is 3. The minimum atomic E-state index is -0.254. The number of rotatable bonds is 6. The highest BCUT2D eigenvalue weighted by Crippen LogP contribution is 2.40. The first-order valence-corrected chi connectivity index (χ1v) is 9.93. The normalized spacial score (nSPS) is 15.2. The molecule has 0 radical (unpaired) electrons. The molecule has 2 aromatic carbocycles. The Hall–Kier alpha value is -2.34. The molecule has 5 nitrogen and oxygen atoms in total. The predicted octanol–water partition coefficient (Wildman–Crippen LogP) is 4.45. The SMILES string of the molecule is CCn1c(SC(C)C(=O)Nc2cccc3ccccc23)nnc1C1CC1. The van der Waals surface area contributed by atoms with Gasteiger partial charge in [-0.25, -0.2) is 0 Å². The Morgan fingerprint density at radius 2 is 2.00 bits per heavy atom. The summed E-state index contributed by atoms with van der Waals surface area (Å²) in [5.41, 5.74) is 0.844. The number of nitrogens with one attached hydrogen (secondary N) is 1. The lowest BCUT2D eigenvalue weighted by Gasteiger charge is -2.14. The van der Waals surface area contributed by atoms with Crippen LogP contribution in [0.3, 0.4) is 0 Å². The van der Waals surface area contributed by atoms with Gasteiger partial charge in [-0.3, -0.25) is 4.79 Å². The fraction of sp³-hybridized carbons (Fsp3) is 0.350. The molecule has 1 N–H and O–H groups in total. The zero-order chi connectivity index (χ0) is 18.1. The van der Waals surface area contributed by atoms with Crippen LogP contribution in [0.1, 0.15) is 38.4 Å². The number of fused-ring (bicyclic) bond motifs is 1. The number of hydrogen-bond donors (Lipinski definition) is 1. The first-order chi connectivity index (χ1) is 12.7. The highest BCUT2D eigenvalue weighted by Gasteiger charge is 2.30. The predicted molar refractivity (Wildman–Crippen MR) is 106 cm³/mol. The van der Waals surface area contributed by atoms with E-state index in [0.29, 0.717) is 5.92 Å². The first-order valence-electron chi connectivity index (χ1n) is 9.05. The van der Waals surface area contributed by atoms with Gasteiger partial charge in [-0.05, 0) is 38.1 Å². The number of thioether (sulfide) groups is 1. The van der Waals surface area contributed by atoms with Gasteiger partial charge in [-0.1, -0.05) is 48.2 Å². The monoisotopic (exact) mass is 366 g/mol. The van der Waals surface area contributed by atoms with Gasteiger partial charge in [-0.2, -0.15) is 0 Å². The Bertz CT molecular complexity index is 943. The lowest BCUT2D eigenvalue weighted by molar-refractivity contribution is -0.115. The quantitative estimate of drug-likeness (QED) is 0.655. The van der Waals surface area contributed by atoms with E-state index in [1.807, 2.05) is 49.4 Å². The van der Waals surface area contributed by atoms with Crippen LogP contribution in [0, 0.1) is 0 Å². The fourth-order valence-electron chi connectivity index (χ4n) is 3.11. The third-order valence-corrected chi connectivity index (χ3v) is 5.78. The number of carbonyl (C=O) groups is 1. The molecule has 26 heavy (non-hydrogen) atoms. The summed E-state index contributed by atoms with van der Waals surface area (Å²) in [5, 5.41) is 14.5. The second kappa shape index (κ2) is 7.11. The molecule has 1 heterocycles. The average Bonchev–Trinajstić information content (AvgIpc) is 3.43. The van der Waals surface area contributed by atoms with Crippen molar-refractivity contribution in [1.82, 2.24) is 14.8 Å². The third-order valence-electron chi connectivity index (χ3n) is 4.70. The summed E-state index contributed by atoms with van der Waals surface area (Å²) < 4.78 is 2.14. The van der Waals surface area contributed by atoms with Crippen LogP contribution >= 0.6 is 11.8 Å². The molecule has 134 valence electrons. The molecule has 1 saturated carbocycles. The molecule has 0 aliphatic heterocycles. The van der Waals surface area contributed by atoms with E-state index in [2.05, 4.69) is 27.0 Å². The zero-order valence-electron chi connectivity index (χ0n) is 15.0. The Morgan fingerprint density at radius 3 is 2.77 bits per heavy atom. The highest BCUT2D eigenvalue weighted by molar-refractivity contribution is 8.00. The van der Waals surface area contributed by atoms with Crippen LogP contribution in [0.5, 0.6) is 0 Å². The maximum Gasteiger partial charge on any atom is 0.237 e. The van der Waals surface area contributed by atoms with Crippen molar-refractivity contribution in [2.45, 2.75) is 49.6 Å². The minimum absolute atomic E-state index is 0.0232. The van der Waals surface area contributed by atoms with Gasteiger partial charge in [0.05, 0.1) is 5.25 Å². The molecule has 1 fully saturated rings. The van der Waals surface area contributed by atoms with Gasteiger partial charge in [0.1, 0.15) is 5.82 Å². The number of aromatic nitrogens is 3. The lowest BCUT2D eigenvalue weighted by Crippen LogP contribution is -2.23. The maximum atomic E-state index is 12.7. The Labute approximate surface area is 157 Å². The van der Waals surface area contributed by atoms with Gasteiger partial charge in [0.15, 0.2) is 5.16 Å². The van der Waals surface area contributed by atoms with Crippen molar-refractivity contribution < 1.29 is 4.79 Å². The van der Waals surface area contributed by atoms with Crippen LogP contribution in [-0.2, 0) is 11.3 Å². The van der Waals surface area contributed by atoms with Crippen LogP contribution < -0.4 is 5.32 Å². The van der Waals surface area contributed by atoms with Crippen molar-refractivity contribution >= 4 is 34.1 Å². The highest BCUT2D eigenvalue weighted by atomic mass is 32.2. The van der Waals surface area contributed by atoms with Gasteiger partial charge in [0, 0.05) is 23.5 Å². The molecule has 1 aliphatic carbocycles. The molecule has 1 amide bonds. The molecule has 0 bridgehead atoms. The summed E-state index contributed by atoms with van der Waals surface area (Å²) in [7, 11) is 0. The van der Waals surface area contributed by atoms with E-state index in [4.69, 9.17) is 0 Å². The molecule has 4 rings (SSSR count). The van der Waals surface area contributed by atoms with Gasteiger partial charge in [-0.15, -0.1) is 10.2 Å². The van der Waals surface area contributed by atoms with Gasteiger partial charge < -0.3 is 9.88 Å². The lowest BCUT2D eigenvalue weighted by atomic mass is 10.1. The van der Waals surface area contributed by atoms with Crippen molar-refractivity contribution in [3.05, 3.63) is 48.3 Å². The molecular formula is C20H22N4OS. The van der Waals surface area contributed by atoms with E-state index in [-0.39, 0.29) is 11.2 Å². The number of amides is 1. The zero-order valence-corrected chi connectivity index (χ0v) is 15.8. The van der Waals surface area contributed by atoms with Gasteiger partial charge in [0.2, 0.25) is 5.91 Å². The second-order valence-electron chi connectivity index (χ2n) is 6.64. The molecule has 1 atom stereocenters. The Kier molecular flexibility index (Phi) is 4.68. The number of carbonyl (C=O) groups excluding carboxylic acids is 1. The average molecular weight is 366 g/mol. The molecule has 3 aromatic rings. The number of benzene rings is 2. The van der Waals surface area contributed by atoms with Crippen LogP contribution in [0.25, 0.3) is 10.8 Å². The second-order valence-corrected chi connectivity index (χ2v) is 7.94. The molecule has 1 unspecified atom stereocenters. The maximum absolute atomic E-state index is 12.7. The summed E-state index contributed by atoms with van der Waals surface area (Å²) in [4.78, 5) is 12.7. The van der Waals surface area contributed by atoms with E-state index < -0.39 is 0 Å². The van der Waals surface area contributed by atoms with E-state index in [0.717, 1.165) is 34.0 Å². The largest absolute Gasteiger partial charge is 0.325 e.